The van der Waals surface area contributed by atoms with Gasteiger partial charge in [-0.05, 0) is 31.0 Å². The van der Waals surface area contributed by atoms with Crippen LogP contribution in [0.2, 0.25) is 10.0 Å². The fraction of sp³-hybridized carbons (Fsp3) is 0.364. The van der Waals surface area contributed by atoms with Crippen molar-refractivity contribution in [2.75, 3.05) is 26.0 Å². The summed E-state index contributed by atoms with van der Waals surface area (Å²) >= 11 is 12.8. The minimum atomic E-state index is -1.37. The molecule has 30 heavy (non-hydrogen) atoms. The molecule has 2 atom stereocenters. The van der Waals surface area contributed by atoms with Gasteiger partial charge < -0.3 is 10.2 Å². The van der Waals surface area contributed by atoms with Crippen molar-refractivity contribution in [1.82, 2.24) is 9.80 Å². The number of fused-ring (bicyclic) bond motifs is 1. The molecule has 1 N–H and O–H groups in total. The number of hydrogen-bond acceptors (Lipinski definition) is 3. The average molecular weight is 450 g/mol. The largest absolute Gasteiger partial charge is 0.349 e. The molecule has 0 radical (unpaired) electrons. The average Bonchev–Trinajstić information content (AvgIpc) is 3.25. The normalized spacial score (nSPS) is 23.4. The van der Waals surface area contributed by atoms with E-state index in [4.69, 9.17) is 23.2 Å². The zero-order valence-electron chi connectivity index (χ0n) is 16.7. The topological polar surface area (TPSA) is 52.7 Å². The van der Waals surface area contributed by atoms with Gasteiger partial charge >= 0.3 is 0 Å². The highest BCUT2D eigenvalue weighted by Crippen LogP contribution is 2.51. The molecule has 0 bridgehead atoms. The maximum absolute atomic E-state index is 14.8. The molecule has 2 amide bonds. The molecule has 2 aliphatic rings. The summed E-state index contributed by atoms with van der Waals surface area (Å²) in [6, 6.07) is 9.66. The van der Waals surface area contributed by atoms with Gasteiger partial charge in [-0.15, -0.1) is 0 Å². The Hall–Kier alpha value is -2.15. The summed E-state index contributed by atoms with van der Waals surface area (Å²) in [6.45, 7) is 0.567. The zero-order valence-corrected chi connectivity index (χ0v) is 18.2. The van der Waals surface area contributed by atoms with E-state index in [1.165, 1.54) is 11.0 Å². The lowest BCUT2D eigenvalue weighted by Gasteiger charge is -2.41. The first-order chi connectivity index (χ1) is 14.3. The maximum Gasteiger partial charge on any atom is 0.254 e. The van der Waals surface area contributed by atoms with Crippen LogP contribution in [-0.4, -0.2) is 48.3 Å². The van der Waals surface area contributed by atoms with Crippen LogP contribution in [0.1, 0.15) is 30.4 Å². The van der Waals surface area contributed by atoms with E-state index in [1.807, 2.05) is 4.90 Å². The Morgan fingerprint density at radius 1 is 1.27 bits per heavy atom. The van der Waals surface area contributed by atoms with Crippen LogP contribution < -0.4 is 5.32 Å². The maximum atomic E-state index is 14.8. The first kappa shape index (κ1) is 21.1. The second kappa shape index (κ2) is 7.84. The van der Waals surface area contributed by atoms with Gasteiger partial charge in [-0.3, -0.25) is 14.5 Å². The van der Waals surface area contributed by atoms with Crippen LogP contribution in [0.4, 0.5) is 10.1 Å². The van der Waals surface area contributed by atoms with Gasteiger partial charge in [0.15, 0.2) is 5.54 Å². The van der Waals surface area contributed by atoms with Crippen LogP contribution in [0.3, 0.4) is 0 Å². The summed E-state index contributed by atoms with van der Waals surface area (Å²) < 4.78 is 14.8. The van der Waals surface area contributed by atoms with E-state index >= 15 is 0 Å². The lowest BCUT2D eigenvalue weighted by Crippen LogP contribution is -2.54. The molecule has 1 fully saturated rings. The molecule has 2 aromatic rings. The lowest BCUT2D eigenvalue weighted by atomic mass is 9.81. The number of benzene rings is 2. The summed E-state index contributed by atoms with van der Waals surface area (Å²) in [7, 11) is 3.41. The van der Waals surface area contributed by atoms with Crippen LogP contribution in [-0.2, 0) is 15.1 Å². The van der Waals surface area contributed by atoms with Gasteiger partial charge in [0.25, 0.3) is 5.91 Å². The Bertz CT molecular complexity index is 1030. The van der Waals surface area contributed by atoms with Gasteiger partial charge in [0.05, 0.1) is 5.69 Å². The molecule has 0 aliphatic carbocycles. The second-order valence-corrected chi connectivity index (χ2v) is 8.78. The Morgan fingerprint density at radius 3 is 2.70 bits per heavy atom. The third kappa shape index (κ3) is 3.18. The van der Waals surface area contributed by atoms with E-state index in [0.717, 1.165) is 12.8 Å². The fourth-order valence-electron chi connectivity index (χ4n) is 4.65. The third-order valence-electron chi connectivity index (χ3n) is 5.99. The number of halogens is 3. The number of amides is 2. The first-order valence-corrected chi connectivity index (χ1v) is 10.5. The molecule has 0 spiro atoms. The molecule has 0 aromatic heterocycles. The van der Waals surface area contributed by atoms with E-state index in [9.17, 15) is 14.0 Å². The molecule has 1 unspecified atom stereocenters. The Morgan fingerprint density at radius 2 is 2.00 bits per heavy atom. The molecule has 8 heteroatoms. The number of rotatable bonds is 4. The first-order valence-electron chi connectivity index (χ1n) is 9.79. The molecule has 2 aliphatic heterocycles. The van der Waals surface area contributed by atoms with Gasteiger partial charge in [0, 0.05) is 54.3 Å². The summed E-state index contributed by atoms with van der Waals surface area (Å²) in [5, 5.41) is 3.30. The second-order valence-electron chi connectivity index (χ2n) is 7.94. The van der Waals surface area contributed by atoms with Crippen LogP contribution in [0, 0.1) is 5.82 Å². The minimum absolute atomic E-state index is 0.0305. The quantitative estimate of drug-likeness (QED) is 0.757. The zero-order chi connectivity index (χ0) is 21.6. The molecule has 0 saturated carbocycles. The van der Waals surface area contributed by atoms with Gasteiger partial charge in [0.1, 0.15) is 5.82 Å². The highest BCUT2D eigenvalue weighted by molar-refractivity contribution is 6.32. The van der Waals surface area contributed by atoms with Crippen LogP contribution in [0.25, 0.3) is 0 Å². The van der Waals surface area contributed by atoms with Gasteiger partial charge in [-0.25, -0.2) is 4.39 Å². The minimum Gasteiger partial charge on any atom is -0.349 e. The number of anilines is 1. The van der Waals surface area contributed by atoms with Crippen molar-refractivity contribution >= 4 is 40.7 Å². The van der Waals surface area contributed by atoms with E-state index < -0.39 is 17.3 Å². The smallest absolute Gasteiger partial charge is 0.254 e. The fourth-order valence-corrected chi connectivity index (χ4v) is 5.13. The molecule has 2 heterocycles. The van der Waals surface area contributed by atoms with E-state index in [1.54, 1.807) is 44.4 Å². The van der Waals surface area contributed by atoms with Crippen molar-refractivity contribution in [3.05, 3.63) is 63.4 Å². The number of carbonyl (C=O) groups is 2. The summed E-state index contributed by atoms with van der Waals surface area (Å²) in [5.41, 5.74) is -0.287. The Balaban J connectivity index is 1.95. The van der Waals surface area contributed by atoms with Crippen LogP contribution in [0.15, 0.2) is 36.4 Å². The molecule has 158 valence electrons. The third-order valence-corrected chi connectivity index (χ3v) is 6.54. The van der Waals surface area contributed by atoms with Crippen molar-refractivity contribution in [2.24, 2.45) is 0 Å². The standard InChI is InChI=1S/C22H22Cl2FN3O2/c1-27(2)19(29)12-14-6-5-9-28(14)22(15-7-3-4-8-17(15)24)16-10-13(23)11-18(25)20(16)26-21(22)30/h3-4,7-8,10-11,14H,5-6,9,12H2,1-2H3,(H,26,30)/t14-,22?/m0/s1. The SMILES string of the molecule is CN(C)C(=O)C[C@@H]1CCCN1C1(c2ccccc2Cl)C(=O)Nc2c(F)cc(Cl)cc21. The molecule has 5 nitrogen and oxygen atoms in total. The van der Waals surface area contributed by atoms with Crippen molar-refractivity contribution in [3.63, 3.8) is 0 Å². The van der Waals surface area contributed by atoms with Crippen LogP contribution >= 0.6 is 23.2 Å². The summed E-state index contributed by atoms with van der Waals surface area (Å²) in [6.07, 6.45) is 1.81. The number of carbonyl (C=O) groups excluding carboxylic acids is 2. The molecular formula is C22H22Cl2FN3O2. The van der Waals surface area contributed by atoms with Gasteiger partial charge in [-0.2, -0.15) is 0 Å². The van der Waals surface area contributed by atoms with Crippen molar-refractivity contribution in [3.8, 4) is 0 Å². The van der Waals surface area contributed by atoms with E-state index in [0.29, 0.717) is 22.7 Å². The number of nitrogens with zero attached hydrogens (tertiary/aromatic N) is 2. The Labute approximate surface area is 184 Å². The molecular weight excluding hydrogens is 428 g/mol. The molecule has 4 rings (SSSR count). The predicted molar refractivity (Wildman–Crippen MR) is 115 cm³/mol. The van der Waals surface area contributed by atoms with E-state index in [2.05, 4.69) is 5.32 Å². The summed E-state index contributed by atoms with van der Waals surface area (Å²) in [5.74, 6) is -1.02. The number of hydrogen-bond donors (Lipinski definition) is 1. The lowest BCUT2D eigenvalue weighted by molar-refractivity contribution is -0.132. The monoisotopic (exact) mass is 449 g/mol. The van der Waals surface area contributed by atoms with Crippen molar-refractivity contribution in [1.29, 1.82) is 0 Å². The predicted octanol–water partition coefficient (Wildman–Crippen LogP) is 4.27. The molecule has 2 aromatic carbocycles. The van der Waals surface area contributed by atoms with Crippen molar-refractivity contribution in [2.45, 2.75) is 30.8 Å². The van der Waals surface area contributed by atoms with E-state index in [-0.39, 0.29) is 29.1 Å². The summed E-state index contributed by atoms with van der Waals surface area (Å²) in [4.78, 5) is 29.6. The van der Waals surface area contributed by atoms with Gasteiger partial charge in [0.2, 0.25) is 5.91 Å². The van der Waals surface area contributed by atoms with Crippen LogP contribution in [0.5, 0.6) is 0 Å². The highest BCUT2D eigenvalue weighted by Gasteiger charge is 2.57. The number of nitrogens with one attached hydrogen (secondary N) is 1. The molecule has 1 saturated heterocycles. The Kier molecular flexibility index (Phi) is 5.51. The number of likely N-dealkylation sites (tertiary alicyclic amines) is 1. The van der Waals surface area contributed by atoms with Gasteiger partial charge in [-0.1, -0.05) is 41.4 Å². The highest BCUT2D eigenvalue weighted by atomic mass is 35.5. The van der Waals surface area contributed by atoms with Crippen molar-refractivity contribution < 1.29 is 14.0 Å².